The zero-order chi connectivity index (χ0) is 21.7. The van der Waals surface area contributed by atoms with Crippen molar-refractivity contribution in [1.29, 1.82) is 0 Å². The van der Waals surface area contributed by atoms with Crippen LogP contribution in [0, 0.1) is 10.7 Å². The lowest BCUT2D eigenvalue weighted by Gasteiger charge is -2.22. The maximum atomic E-state index is 13.1. The van der Waals surface area contributed by atoms with Crippen LogP contribution in [-0.4, -0.2) is 49.5 Å². The molecule has 158 valence electrons. The second kappa shape index (κ2) is 10.9. The molecular formula is C14H11F3I3O7S-. The van der Waals surface area contributed by atoms with E-state index in [0.29, 0.717) is 9.13 Å². The van der Waals surface area contributed by atoms with Crippen LogP contribution in [0.5, 0.6) is 0 Å². The normalized spacial score (nSPS) is 13.1. The number of ether oxygens (including phenoxy) is 2. The summed E-state index contributed by atoms with van der Waals surface area (Å²) in [5.41, 5.74) is 0.348. The zero-order valence-electron chi connectivity index (χ0n) is 13.6. The number of rotatable bonds is 9. The summed E-state index contributed by atoms with van der Waals surface area (Å²) in [4.78, 5) is 23.4. The van der Waals surface area contributed by atoms with Crippen LogP contribution in [0.15, 0.2) is 12.1 Å². The number of halogens is 6. The number of hydrogen-bond acceptors (Lipinski definition) is 7. The van der Waals surface area contributed by atoms with Crippen molar-refractivity contribution in [1.82, 2.24) is 0 Å². The molecule has 0 aromatic heterocycles. The third kappa shape index (κ3) is 7.38. The summed E-state index contributed by atoms with van der Waals surface area (Å²) in [5.74, 6) is -1.73. The second-order valence-electron chi connectivity index (χ2n) is 5.16. The van der Waals surface area contributed by atoms with Crippen LogP contribution in [0.2, 0.25) is 0 Å². The van der Waals surface area contributed by atoms with E-state index in [-0.39, 0.29) is 13.0 Å². The average molecular weight is 761 g/mol. The van der Waals surface area contributed by atoms with Gasteiger partial charge in [-0.25, -0.2) is 17.6 Å². The van der Waals surface area contributed by atoms with Crippen LogP contribution in [0.3, 0.4) is 0 Å². The van der Waals surface area contributed by atoms with Crippen molar-refractivity contribution >= 4 is 89.8 Å². The van der Waals surface area contributed by atoms with E-state index in [4.69, 9.17) is 4.74 Å². The Kier molecular flexibility index (Phi) is 10.1. The van der Waals surface area contributed by atoms with E-state index < -0.39 is 46.5 Å². The van der Waals surface area contributed by atoms with Gasteiger partial charge in [0.2, 0.25) is 6.17 Å². The number of esters is 2. The highest BCUT2D eigenvalue weighted by Gasteiger charge is 2.48. The number of carbonyl (C=O) groups excluding carboxylic acids is 2. The molecule has 0 heterocycles. The van der Waals surface area contributed by atoms with Crippen molar-refractivity contribution in [3.05, 3.63) is 28.4 Å². The van der Waals surface area contributed by atoms with Gasteiger partial charge in [-0.2, -0.15) is 8.78 Å². The molecule has 14 heteroatoms. The van der Waals surface area contributed by atoms with E-state index in [1.54, 1.807) is 6.07 Å². The minimum atomic E-state index is -6.22. The first-order valence-electron chi connectivity index (χ1n) is 7.22. The Morgan fingerprint density at radius 3 is 2.36 bits per heavy atom. The Morgan fingerprint density at radius 1 is 1.18 bits per heavy atom. The van der Waals surface area contributed by atoms with Gasteiger partial charge in [-0.1, -0.05) is 0 Å². The predicted octanol–water partition coefficient (Wildman–Crippen LogP) is 3.46. The molecule has 1 aromatic carbocycles. The van der Waals surface area contributed by atoms with E-state index >= 15 is 0 Å². The van der Waals surface area contributed by atoms with Crippen LogP contribution in [0.25, 0.3) is 0 Å². The van der Waals surface area contributed by atoms with Gasteiger partial charge in [-0.15, -0.1) is 0 Å². The quantitative estimate of drug-likeness (QED) is 0.125. The van der Waals surface area contributed by atoms with Crippen molar-refractivity contribution in [2.24, 2.45) is 0 Å². The summed E-state index contributed by atoms with van der Waals surface area (Å²) < 4.78 is 81.3. The highest BCUT2D eigenvalue weighted by atomic mass is 127. The highest BCUT2D eigenvalue weighted by molar-refractivity contribution is 14.1. The van der Waals surface area contributed by atoms with Gasteiger partial charge in [0.25, 0.3) is 0 Å². The second-order valence-corrected chi connectivity index (χ2v) is 10.1. The standard InChI is InChI=1S/C14H12F3I3O7S/c15-10(14(16,17)28(23,24)25)6-27-11(21)2-1-3-26-13(22)8-4-7(18)5-9(19)12(8)20/h4-5,10H,1-3,6H2,(H,23,24,25)/p-1. The SMILES string of the molecule is O=C(CCCOC(=O)c1cc(I)cc(I)c1I)OCC(F)C(F)(F)S(=O)(=O)[O-]. The predicted molar refractivity (Wildman–Crippen MR) is 115 cm³/mol. The number of alkyl halides is 3. The van der Waals surface area contributed by atoms with E-state index in [1.165, 1.54) is 0 Å². The fourth-order valence-electron chi connectivity index (χ4n) is 1.66. The summed E-state index contributed by atoms with van der Waals surface area (Å²) >= 11 is 6.10. The average Bonchev–Trinajstić information content (AvgIpc) is 2.58. The number of benzene rings is 1. The van der Waals surface area contributed by atoms with Crippen LogP contribution in [0.4, 0.5) is 13.2 Å². The molecule has 0 spiro atoms. The Bertz CT molecular complexity index is 849. The van der Waals surface area contributed by atoms with Gasteiger partial charge in [0, 0.05) is 17.1 Å². The first-order valence-corrected chi connectivity index (χ1v) is 11.9. The third-order valence-electron chi connectivity index (χ3n) is 3.06. The van der Waals surface area contributed by atoms with Crippen molar-refractivity contribution < 1.29 is 45.2 Å². The number of carbonyl (C=O) groups is 2. The smallest absolute Gasteiger partial charge is 0.368 e. The first kappa shape index (κ1) is 26.1. The molecule has 1 rings (SSSR count). The minimum Gasteiger partial charge on any atom is -0.743 e. The topological polar surface area (TPSA) is 110 Å². The molecular weight excluding hydrogens is 750 g/mol. The molecule has 1 unspecified atom stereocenters. The molecule has 0 saturated carbocycles. The van der Waals surface area contributed by atoms with Crippen molar-refractivity contribution in [2.45, 2.75) is 24.3 Å². The zero-order valence-corrected chi connectivity index (χ0v) is 20.9. The lowest BCUT2D eigenvalue weighted by molar-refractivity contribution is -0.148. The summed E-state index contributed by atoms with van der Waals surface area (Å²) in [7, 11) is -6.22. The van der Waals surface area contributed by atoms with Gasteiger partial charge in [0.15, 0.2) is 10.1 Å². The van der Waals surface area contributed by atoms with Gasteiger partial charge in [-0.05, 0) is 86.3 Å². The summed E-state index contributed by atoms with van der Waals surface area (Å²) in [5, 5.41) is -5.20. The summed E-state index contributed by atoms with van der Waals surface area (Å²) in [6.45, 7) is -1.78. The molecule has 0 aliphatic rings. The van der Waals surface area contributed by atoms with E-state index in [9.17, 15) is 35.7 Å². The Hall–Kier alpha value is 0.0500. The van der Waals surface area contributed by atoms with Gasteiger partial charge in [0.05, 0.1) is 12.2 Å². The van der Waals surface area contributed by atoms with E-state index in [2.05, 4.69) is 27.3 Å². The fraction of sp³-hybridized carbons (Fsp3) is 0.429. The Labute approximate surface area is 199 Å². The van der Waals surface area contributed by atoms with Crippen molar-refractivity contribution in [3.8, 4) is 0 Å². The lowest BCUT2D eigenvalue weighted by Crippen LogP contribution is -2.41. The monoisotopic (exact) mass is 761 g/mol. The molecule has 1 aromatic rings. The lowest BCUT2D eigenvalue weighted by atomic mass is 10.2. The van der Waals surface area contributed by atoms with Crippen molar-refractivity contribution in [2.75, 3.05) is 13.2 Å². The van der Waals surface area contributed by atoms with Gasteiger partial charge >= 0.3 is 17.2 Å². The van der Waals surface area contributed by atoms with Crippen LogP contribution < -0.4 is 0 Å². The van der Waals surface area contributed by atoms with Crippen LogP contribution >= 0.6 is 67.8 Å². The molecule has 0 fully saturated rings. The van der Waals surface area contributed by atoms with Crippen LogP contribution in [-0.2, 0) is 24.4 Å². The molecule has 28 heavy (non-hydrogen) atoms. The van der Waals surface area contributed by atoms with Gasteiger partial charge in [-0.3, -0.25) is 4.79 Å². The van der Waals surface area contributed by atoms with Crippen molar-refractivity contribution in [3.63, 3.8) is 0 Å². The summed E-state index contributed by atoms with van der Waals surface area (Å²) in [6, 6.07) is 3.50. The first-order chi connectivity index (χ1) is 12.8. The molecule has 0 radical (unpaired) electrons. The van der Waals surface area contributed by atoms with Gasteiger partial charge < -0.3 is 14.0 Å². The Morgan fingerprint density at radius 2 is 1.79 bits per heavy atom. The summed E-state index contributed by atoms with van der Waals surface area (Å²) in [6.07, 6.45) is -3.91. The van der Waals surface area contributed by atoms with Crippen LogP contribution in [0.1, 0.15) is 23.2 Å². The van der Waals surface area contributed by atoms with Gasteiger partial charge in [0.1, 0.15) is 6.61 Å². The molecule has 0 bridgehead atoms. The Balaban J connectivity index is 2.43. The van der Waals surface area contributed by atoms with E-state index in [0.717, 1.165) is 7.14 Å². The minimum absolute atomic E-state index is 0.0324. The maximum absolute atomic E-state index is 13.1. The molecule has 0 aliphatic heterocycles. The highest BCUT2D eigenvalue weighted by Crippen LogP contribution is 2.27. The van der Waals surface area contributed by atoms with E-state index in [1.807, 2.05) is 51.2 Å². The maximum Gasteiger partial charge on any atom is 0.368 e. The molecule has 0 aliphatic carbocycles. The molecule has 1 atom stereocenters. The molecule has 0 N–H and O–H groups in total. The molecule has 0 amide bonds. The molecule has 7 nitrogen and oxygen atoms in total. The number of hydrogen-bond donors (Lipinski definition) is 0. The third-order valence-corrected chi connectivity index (χ3v) is 7.65. The fourth-order valence-corrected chi connectivity index (χ4v) is 4.41. The largest absolute Gasteiger partial charge is 0.743 e. The molecule has 0 saturated heterocycles.